The SMILES string of the molecule is COCC(C)CNc1c(N)cncc1Br. The number of nitrogens with one attached hydrogen (secondary N) is 1. The summed E-state index contributed by atoms with van der Waals surface area (Å²) in [6.45, 7) is 3.66. The molecule has 0 fully saturated rings. The molecule has 1 unspecified atom stereocenters. The second-order valence-corrected chi connectivity index (χ2v) is 4.38. The number of pyridine rings is 1. The third-order valence-electron chi connectivity index (χ3n) is 2.01. The van der Waals surface area contributed by atoms with Crippen molar-refractivity contribution < 1.29 is 4.74 Å². The molecule has 1 heterocycles. The molecular weight excluding hydrogens is 258 g/mol. The highest BCUT2D eigenvalue weighted by Crippen LogP contribution is 2.26. The molecule has 0 saturated carbocycles. The van der Waals surface area contributed by atoms with Crippen molar-refractivity contribution in [3.8, 4) is 0 Å². The van der Waals surface area contributed by atoms with Gasteiger partial charge < -0.3 is 15.8 Å². The summed E-state index contributed by atoms with van der Waals surface area (Å²) < 4.78 is 5.94. The maximum absolute atomic E-state index is 5.80. The Hall–Kier alpha value is -0.810. The Balaban J connectivity index is 2.57. The highest BCUT2D eigenvalue weighted by Gasteiger charge is 2.06. The first kappa shape index (κ1) is 12.3. The zero-order valence-corrected chi connectivity index (χ0v) is 10.5. The van der Waals surface area contributed by atoms with Crippen LogP contribution in [0.3, 0.4) is 0 Å². The molecule has 3 N–H and O–H groups in total. The Morgan fingerprint density at radius 1 is 1.60 bits per heavy atom. The van der Waals surface area contributed by atoms with E-state index in [1.54, 1.807) is 19.5 Å². The predicted molar refractivity (Wildman–Crippen MR) is 65.9 cm³/mol. The minimum Gasteiger partial charge on any atom is -0.396 e. The number of hydrogen-bond acceptors (Lipinski definition) is 4. The van der Waals surface area contributed by atoms with Crippen LogP contribution < -0.4 is 11.1 Å². The van der Waals surface area contributed by atoms with Gasteiger partial charge in [0, 0.05) is 19.9 Å². The zero-order chi connectivity index (χ0) is 11.3. The molecule has 15 heavy (non-hydrogen) atoms. The lowest BCUT2D eigenvalue weighted by atomic mass is 10.2. The van der Waals surface area contributed by atoms with Crippen molar-refractivity contribution in [2.24, 2.45) is 5.92 Å². The number of halogens is 1. The Kier molecular flexibility index (Phi) is 4.84. The quantitative estimate of drug-likeness (QED) is 0.863. The van der Waals surface area contributed by atoms with Crippen LogP contribution in [-0.2, 0) is 4.74 Å². The van der Waals surface area contributed by atoms with Gasteiger partial charge in [-0.15, -0.1) is 0 Å². The Morgan fingerprint density at radius 2 is 2.33 bits per heavy atom. The van der Waals surface area contributed by atoms with E-state index in [9.17, 15) is 0 Å². The summed E-state index contributed by atoms with van der Waals surface area (Å²) in [5.74, 6) is 0.439. The van der Waals surface area contributed by atoms with Gasteiger partial charge in [0.1, 0.15) is 0 Å². The van der Waals surface area contributed by atoms with Crippen LogP contribution in [0.4, 0.5) is 11.4 Å². The number of hydrogen-bond donors (Lipinski definition) is 2. The summed E-state index contributed by atoms with van der Waals surface area (Å²) >= 11 is 3.40. The lowest BCUT2D eigenvalue weighted by Gasteiger charge is -2.14. The van der Waals surface area contributed by atoms with Gasteiger partial charge in [0.05, 0.1) is 28.7 Å². The van der Waals surface area contributed by atoms with Gasteiger partial charge in [0.25, 0.3) is 0 Å². The monoisotopic (exact) mass is 273 g/mol. The fourth-order valence-electron chi connectivity index (χ4n) is 1.26. The molecule has 0 spiro atoms. The minimum atomic E-state index is 0.439. The fourth-order valence-corrected chi connectivity index (χ4v) is 1.74. The average Bonchev–Trinajstić information content (AvgIpc) is 2.17. The normalized spacial score (nSPS) is 12.5. The van der Waals surface area contributed by atoms with E-state index in [0.717, 1.165) is 23.3 Å². The number of nitrogen functional groups attached to an aromatic ring is 1. The number of nitrogens with zero attached hydrogens (tertiary/aromatic N) is 1. The molecule has 0 bridgehead atoms. The molecule has 0 amide bonds. The summed E-state index contributed by atoms with van der Waals surface area (Å²) in [6, 6.07) is 0. The molecule has 0 aromatic carbocycles. The summed E-state index contributed by atoms with van der Waals surface area (Å²) in [6.07, 6.45) is 3.35. The molecule has 1 atom stereocenters. The highest BCUT2D eigenvalue weighted by atomic mass is 79.9. The molecule has 0 aliphatic carbocycles. The smallest absolute Gasteiger partial charge is 0.0750 e. The highest BCUT2D eigenvalue weighted by molar-refractivity contribution is 9.10. The van der Waals surface area contributed by atoms with Crippen molar-refractivity contribution in [1.29, 1.82) is 0 Å². The minimum absolute atomic E-state index is 0.439. The molecular formula is C10H16BrN3O. The van der Waals surface area contributed by atoms with Crippen molar-refractivity contribution in [2.75, 3.05) is 31.3 Å². The molecule has 0 aliphatic rings. The number of ether oxygens (including phenoxy) is 1. The van der Waals surface area contributed by atoms with Crippen LogP contribution in [-0.4, -0.2) is 25.2 Å². The van der Waals surface area contributed by atoms with E-state index < -0.39 is 0 Å². The molecule has 4 nitrogen and oxygen atoms in total. The van der Waals surface area contributed by atoms with Crippen LogP contribution in [0.15, 0.2) is 16.9 Å². The number of rotatable bonds is 5. The number of anilines is 2. The summed E-state index contributed by atoms with van der Waals surface area (Å²) in [5.41, 5.74) is 7.34. The number of nitrogens with two attached hydrogens (primary N) is 1. The third-order valence-corrected chi connectivity index (χ3v) is 2.61. The third kappa shape index (κ3) is 3.68. The zero-order valence-electron chi connectivity index (χ0n) is 8.96. The Bertz CT molecular complexity index is 299. The lowest BCUT2D eigenvalue weighted by Crippen LogP contribution is -2.16. The van der Waals surface area contributed by atoms with Gasteiger partial charge >= 0.3 is 0 Å². The average molecular weight is 274 g/mol. The first-order valence-electron chi connectivity index (χ1n) is 4.77. The summed E-state index contributed by atoms with van der Waals surface area (Å²) in [5, 5.41) is 3.27. The van der Waals surface area contributed by atoms with Crippen molar-refractivity contribution in [1.82, 2.24) is 4.98 Å². The van der Waals surface area contributed by atoms with Gasteiger partial charge in [0.15, 0.2) is 0 Å². The second kappa shape index (κ2) is 5.92. The standard InChI is InChI=1S/C10H16BrN3O/c1-7(6-15-2)3-14-10-8(11)4-13-5-9(10)12/h4-5,7H,3,6,12H2,1-2H3,(H,13,14). The molecule has 0 aliphatic heterocycles. The van der Waals surface area contributed by atoms with Crippen molar-refractivity contribution in [3.05, 3.63) is 16.9 Å². The van der Waals surface area contributed by atoms with Crippen LogP contribution in [0.1, 0.15) is 6.92 Å². The maximum Gasteiger partial charge on any atom is 0.0750 e. The molecule has 1 rings (SSSR count). The van der Waals surface area contributed by atoms with Gasteiger partial charge in [-0.1, -0.05) is 6.92 Å². The van der Waals surface area contributed by atoms with Crippen molar-refractivity contribution in [3.63, 3.8) is 0 Å². The van der Waals surface area contributed by atoms with Gasteiger partial charge in [-0.3, -0.25) is 4.98 Å². The topological polar surface area (TPSA) is 60.2 Å². The summed E-state index contributed by atoms with van der Waals surface area (Å²) in [4.78, 5) is 3.97. The van der Waals surface area contributed by atoms with E-state index in [4.69, 9.17) is 10.5 Å². The molecule has 5 heteroatoms. The van der Waals surface area contributed by atoms with E-state index in [-0.39, 0.29) is 0 Å². The Morgan fingerprint density at radius 3 is 2.93 bits per heavy atom. The summed E-state index contributed by atoms with van der Waals surface area (Å²) in [7, 11) is 1.70. The molecule has 84 valence electrons. The van der Waals surface area contributed by atoms with Gasteiger partial charge in [-0.2, -0.15) is 0 Å². The van der Waals surface area contributed by atoms with Crippen LogP contribution in [0.5, 0.6) is 0 Å². The molecule has 0 saturated heterocycles. The lowest BCUT2D eigenvalue weighted by molar-refractivity contribution is 0.164. The predicted octanol–water partition coefficient (Wildman–Crippen LogP) is 2.12. The van der Waals surface area contributed by atoms with Crippen LogP contribution in [0, 0.1) is 5.92 Å². The van der Waals surface area contributed by atoms with Gasteiger partial charge in [0.2, 0.25) is 0 Å². The fraction of sp³-hybridized carbons (Fsp3) is 0.500. The second-order valence-electron chi connectivity index (χ2n) is 3.53. The molecule has 1 aromatic heterocycles. The van der Waals surface area contributed by atoms with Gasteiger partial charge in [-0.25, -0.2) is 0 Å². The van der Waals surface area contributed by atoms with Crippen molar-refractivity contribution in [2.45, 2.75) is 6.92 Å². The maximum atomic E-state index is 5.80. The van der Waals surface area contributed by atoms with Crippen molar-refractivity contribution >= 4 is 27.3 Å². The van der Waals surface area contributed by atoms with Gasteiger partial charge in [-0.05, 0) is 21.8 Å². The molecule has 1 aromatic rings. The first-order chi connectivity index (χ1) is 7.15. The van der Waals surface area contributed by atoms with E-state index in [1.165, 1.54) is 0 Å². The van der Waals surface area contributed by atoms with E-state index in [0.29, 0.717) is 11.6 Å². The van der Waals surface area contributed by atoms with E-state index >= 15 is 0 Å². The Labute approximate surface area is 98.3 Å². The van der Waals surface area contributed by atoms with Crippen LogP contribution >= 0.6 is 15.9 Å². The first-order valence-corrected chi connectivity index (χ1v) is 5.56. The molecule has 0 radical (unpaired) electrons. The van der Waals surface area contributed by atoms with Crippen LogP contribution in [0.25, 0.3) is 0 Å². The number of aromatic nitrogens is 1. The van der Waals surface area contributed by atoms with E-state index in [2.05, 4.69) is 33.2 Å². The van der Waals surface area contributed by atoms with Crippen LogP contribution in [0.2, 0.25) is 0 Å². The van der Waals surface area contributed by atoms with E-state index in [1.807, 2.05) is 0 Å². The largest absolute Gasteiger partial charge is 0.396 e. The number of methoxy groups -OCH3 is 1.